The van der Waals surface area contributed by atoms with Gasteiger partial charge in [-0.15, -0.1) is 0 Å². The first-order valence-electron chi connectivity index (χ1n) is 7.94. The van der Waals surface area contributed by atoms with E-state index in [1.54, 1.807) is 18.2 Å². The van der Waals surface area contributed by atoms with Crippen LogP contribution >= 0.6 is 0 Å². The SMILES string of the molecule is CCCCOc1ccccc1NC(=O)/C(C#N)=C/c1ccccc1. The molecule has 0 aliphatic heterocycles. The van der Waals surface area contributed by atoms with Gasteiger partial charge in [-0.2, -0.15) is 5.26 Å². The molecule has 4 heteroatoms. The Kier molecular flexibility index (Phi) is 6.60. The van der Waals surface area contributed by atoms with E-state index in [4.69, 9.17) is 4.74 Å². The van der Waals surface area contributed by atoms with Gasteiger partial charge in [-0.25, -0.2) is 0 Å². The molecule has 4 nitrogen and oxygen atoms in total. The van der Waals surface area contributed by atoms with E-state index in [1.807, 2.05) is 48.5 Å². The van der Waals surface area contributed by atoms with E-state index in [1.165, 1.54) is 0 Å². The van der Waals surface area contributed by atoms with Crippen molar-refractivity contribution in [3.05, 3.63) is 65.7 Å². The lowest BCUT2D eigenvalue weighted by Crippen LogP contribution is -2.14. The molecule has 2 rings (SSSR count). The van der Waals surface area contributed by atoms with Crippen molar-refractivity contribution in [3.8, 4) is 11.8 Å². The maximum atomic E-state index is 12.4. The summed E-state index contributed by atoms with van der Waals surface area (Å²) in [6, 6.07) is 18.5. The van der Waals surface area contributed by atoms with Gasteiger partial charge in [0.15, 0.2) is 0 Å². The van der Waals surface area contributed by atoms with Crippen molar-refractivity contribution >= 4 is 17.7 Å². The van der Waals surface area contributed by atoms with Gasteiger partial charge in [-0.3, -0.25) is 4.79 Å². The molecule has 0 fully saturated rings. The maximum absolute atomic E-state index is 12.4. The van der Waals surface area contributed by atoms with Crippen molar-refractivity contribution in [2.24, 2.45) is 0 Å². The zero-order valence-electron chi connectivity index (χ0n) is 13.7. The van der Waals surface area contributed by atoms with E-state index in [0.29, 0.717) is 18.0 Å². The summed E-state index contributed by atoms with van der Waals surface area (Å²) in [6.45, 7) is 2.68. The van der Waals surface area contributed by atoms with Crippen molar-refractivity contribution in [1.82, 2.24) is 0 Å². The number of rotatable bonds is 7. The number of para-hydroxylation sites is 2. The fourth-order valence-corrected chi connectivity index (χ4v) is 2.08. The van der Waals surface area contributed by atoms with Gasteiger partial charge in [0.2, 0.25) is 0 Å². The van der Waals surface area contributed by atoms with Crippen molar-refractivity contribution in [3.63, 3.8) is 0 Å². The average molecular weight is 320 g/mol. The summed E-state index contributed by atoms with van der Waals surface area (Å²) in [4.78, 5) is 12.4. The summed E-state index contributed by atoms with van der Waals surface area (Å²) in [5.74, 6) is 0.157. The van der Waals surface area contributed by atoms with Crippen molar-refractivity contribution in [2.75, 3.05) is 11.9 Å². The van der Waals surface area contributed by atoms with Gasteiger partial charge >= 0.3 is 0 Å². The second-order valence-corrected chi connectivity index (χ2v) is 5.23. The first-order chi connectivity index (χ1) is 11.7. The standard InChI is InChI=1S/C20H20N2O2/c1-2-3-13-24-19-12-8-7-11-18(19)22-20(23)17(15-21)14-16-9-5-4-6-10-16/h4-12,14H,2-3,13H2,1H3,(H,22,23)/b17-14+. The fraction of sp³-hybridized carbons (Fsp3) is 0.200. The van der Waals surface area contributed by atoms with Crippen LogP contribution in [0.1, 0.15) is 25.3 Å². The Bertz CT molecular complexity index is 746. The van der Waals surface area contributed by atoms with Gasteiger partial charge in [-0.1, -0.05) is 55.8 Å². The molecule has 0 aromatic heterocycles. The van der Waals surface area contributed by atoms with Crippen molar-refractivity contribution in [1.29, 1.82) is 5.26 Å². The number of benzene rings is 2. The van der Waals surface area contributed by atoms with E-state index in [2.05, 4.69) is 12.2 Å². The molecule has 0 heterocycles. The predicted octanol–water partition coefficient (Wildman–Crippen LogP) is 4.41. The quantitative estimate of drug-likeness (QED) is 0.467. The lowest BCUT2D eigenvalue weighted by atomic mass is 10.1. The largest absolute Gasteiger partial charge is 0.491 e. The Labute approximate surface area is 142 Å². The van der Waals surface area contributed by atoms with Crippen LogP contribution in [0, 0.1) is 11.3 Å². The Morgan fingerprint density at radius 2 is 1.88 bits per heavy atom. The highest BCUT2D eigenvalue weighted by molar-refractivity contribution is 6.10. The summed E-state index contributed by atoms with van der Waals surface area (Å²) in [5.41, 5.74) is 1.41. The number of nitriles is 1. The smallest absolute Gasteiger partial charge is 0.266 e. The van der Waals surface area contributed by atoms with E-state index in [-0.39, 0.29) is 5.57 Å². The Morgan fingerprint density at radius 3 is 2.58 bits per heavy atom. The first kappa shape index (κ1) is 17.3. The van der Waals surface area contributed by atoms with Crippen LogP contribution in [0.4, 0.5) is 5.69 Å². The lowest BCUT2D eigenvalue weighted by molar-refractivity contribution is -0.112. The van der Waals surface area contributed by atoms with Gasteiger partial charge in [0.25, 0.3) is 5.91 Å². The summed E-state index contributed by atoms with van der Waals surface area (Å²) in [6.07, 6.45) is 3.54. The molecule has 24 heavy (non-hydrogen) atoms. The van der Waals surface area contributed by atoms with Crippen LogP contribution in [0.3, 0.4) is 0 Å². The van der Waals surface area contributed by atoms with Gasteiger partial charge in [0.05, 0.1) is 12.3 Å². The molecule has 0 unspecified atom stereocenters. The molecule has 0 saturated heterocycles. The van der Waals surface area contributed by atoms with E-state index in [0.717, 1.165) is 18.4 Å². The number of hydrogen-bond donors (Lipinski definition) is 1. The normalized spacial score (nSPS) is 10.8. The van der Waals surface area contributed by atoms with Crippen molar-refractivity contribution < 1.29 is 9.53 Å². The van der Waals surface area contributed by atoms with Gasteiger partial charge in [0, 0.05) is 0 Å². The Balaban J connectivity index is 2.14. The Hall–Kier alpha value is -3.06. The highest BCUT2D eigenvalue weighted by atomic mass is 16.5. The molecule has 0 bridgehead atoms. The third-order valence-corrected chi connectivity index (χ3v) is 3.37. The number of anilines is 1. The molecule has 0 aliphatic rings. The highest BCUT2D eigenvalue weighted by Gasteiger charge is 2.12. The molecule has 2 aromatic rings. The molecule has 0 radical (unpaired) electrons. The Morgan fingerprint density at radius 1 is 1.17 bits per heavy atom. The molecular formula is C20H20N2O2. The van der Waals surface area contributed by atoms with E-state index >= 15 is 0 Å². The first-order valence-corrected chi connectivity index (χ1v) is 7.94. The van der Waals surface area contributed by atoms with Crippen LogP contribution in [-0.2, 0) is 4.79 Å². The van der Waals surface area contributed by atoms with Crippen LogP contribution in [0.2, 0.25) is 0 Å². The van der Waals surface area contributed by atoms with E-state index < -0.39 is 5.91 Å². The fourth-order valence-electron chi connectivity index (χ4n) is 2.08. The highest BCUT2D eigenvalue weighted by Crippen LogP contribution is 2.24. The van der Waals surface area contributed by atoms with Gasteiger partial charge in [-0.05, 0) is 30.2 Å². The van der Waals surface area contributed by atoms with Crippen LogP contribution < -0.4 is 10.1 Å². The summed E-state index contributed by atoms with van der Waals surface area (Å²) in [5, 5.41) is 12.0. The number of carbonyl (C=O) groups is 1. The molecular weight excluding hydrogens is 300 g/mol. The molecule has 122 valence electrons. The minimum atomic E-state index is -0.451. The average Bonchev–Trinajstić information content (AvgIpc) is 2.62. The van der Waals surface area contributed by atoms with Crippen LogP contribution in [-0.4, -0.2) is 12.5 Å². The number of carbonyl (C=O) groups excluding carboxylic acids is 1. The summed E-state index contributed by atoms with van der Waals surface area (Å²) < 4.78 is 5.69. The predicted molar refractivity (Wildman–Crippen MR) is 95.5 cm³/mol. The molecule has 1 amide bonds. The maximum Gasteiger partial charge on any atom is 0.266 e. The van der Waals surface area contributed by atoms with Crippen LogP contribution in [0.5, 0.6) is 5.75 Å². The van der Waals surface area contributed by atoms with Gasteiger partial charge in [0.1, 0.15) is 17.4 Å². The summed E-state index contributed by atoms with van der Waals surface area (Å²) in [7, 11) is 0. The molecule has 0 aliphatic carbocycles. The number of nitrogens with one attached hydrogen (secondary N) is 1. The monoisotopic (exact) mass is 320 g/mol. The zero-order valence-corrected chi connectivity index (χ0v) is 13.7. The second-order valence-electron chi connectivity index (χ2n) is 5.23. The minimum Gasteiger partial charge on any atom is -0.491 e. The second kappa shape index (κ2) is 9.16. The number of amides is 1. The number of hydrogen-bond acceptors (Lipinski definition) is 3. The number of nitrogens with zero attached hydrogens (tertiary/aromatic N) is 1. The number of unbranched alkanes of at least 4 members (excludes halogenated alkanes) is 1. The van der Waals surface area contributed by atoms with Crippen LogP contribution in [0.15, 0.2) is 60.2 Å². The van der Waals surface area contributed by atoms with E-state index in [9.17, 15) is 10.1 Å². The molecule has 0 atom stereocenters. The number of ether oxygens (including phenoxy) is 1. The molecule has 0 saturated carbocycles. The van der Waals surface area contributed by atoms with Gasteiger partial charge < -0.3 is 10.1 Å². The third-order valence-electron chi connectivity index (χ3n) is 3.37. The topological polar surface area (TPSA) is 62.1 Å². The minimum absolute atomic E-state index is 0.0459. The molecule has 1 N–H and O–H groups in total. The zero-order chi connectivity index (χ0) is 17.2. The molecule has 2 aromatic carbocycles. The van der Waals surface area contributed by atoms with Crippen LogP contribution in [0.25, 0.3) is 6.08 Å². The lowest BCUT2D eigenvalue weighted by Gasteiger charge is -2.12. The van der Waals surface area contributed by atoms with Crippen molar-refractivity contribution in [2.45, 2.75) is 19.8 Å². The third kappa shape index (κ3) is 4.99. The molecule has 0 spiro atoms. The summed E-state index contributed by atoms with van der Waals surface area (Å²) >= 11 is 0.